The van der Waals surface area contributed by atoms with Crippen LogP contribution in [0.1, 0.15) is 28.9 Å². The minimum Gasteiger partial charge on any atom is -0.399 e. The molecule has 1 amide bonds. The topological polar surface area (TPSA) is 49.6 Å². The Hall–Kier alpha value is -1.89. The molecule has 27 heavy (non-hydrogen) atoms. The van der Waals surface area contributed by atoms with E-state index < -0.39 is 11.6 Å². The maximum absolute atomic E-state index is 14.0. The maximum Gasteiger partial charge on any atom is 0.254 e. The number of nitrogen functional groups attached to an aromatic ring is 1. The Balaban J connectivity index is 0.00000182. The van der Waals surface area contributed by atoms with Gasteiger partial charge in [0.15, 0.2) is 0 Å². The summed E-state index contributed by atoms with van der Waals surface area (Å²) in [5.41, 5.74) is 7.34. The van der Waals surface area contributed by atoms with Crippen molar-refractivity contribution in [1.29, 1.82) is 0 Å². The van der Waals surface area contributed by atoms with Gasteiger partial charge in [0.1, 0.15) is 11.6 Å². The third kappa shape index (κ3) is 5.31. The number of piperazine rings is 1. The first-order valence-corrected chi connectivity index (χ1v) is 8.29. The first-order valence-electron chi connectivity index (χ1n) is 8.29. The largest absolute Gasteiger partial charge is 0.399 e. The lowest BCUT2D eigenvalue weighted by Gasteiger charge is -2.38. The molecule has 1 fully saturated rings. The third-order valence-electron chi connectivity index (χ3n) is 4.70. The Kier molecular flexibility index (Phi) is 8.47. The molecule has 1 unspecified atom stereocenters. The molecule has 0 spiro atoms. The molecule has 8 heteroatoms. The van der Waals surface area contributed by atoms with E-state index in [-0.39, 0.29) is 36.8 Å². The van der Waals surface area contributed by atoms with Gasteiger partial charge >= 0.3 is 0 Å². The van der Waals surface area contributed by atoms with Crippen LogP contribution in [-0.4, -0.2) is 41.9 Å². The van der Waals surface area contributed by atoms with E-state index in [1.165, 1.54) is 12.1 Å². The lowest BCUT2D eigenvalue weighted by molar-refractivity contribution is 0.0579. The molecule has 1 aliphatic heterocycles. The summed E-state index contributed by atoms with van der Waals surface area (Å²) in [6.07, 6.45) is 0. The van der Waals surface area contributed by atoms with Gasteiger partial charge < -0.3 is 10.6 Å². The molecule has 2 N–H and O–H groups in total. The van der Waals surface area contributed by atoms with Crippen molar-refractivity contribution in [2.24, 2.45) is 0 Å². The number of nitrogens with zero attached hydrogens (tertiary/aromatic N) is 2. The van der Waals surface area contributed by atoms with Crippen LogP contribution in [0, 0.1) is 11.6 Å². The van der Waals surface area contributed by atoms with Crippen LogP contribution in [0.15, 0.2) is 42.5 Å². The fourth-order valence-electron chi connectivity index (χ4n) is 3.20. The Morgan fingerprint density at radius 2 is 1.70 bits per heavy atom. The number of amides is 1. The van der Waals surface area contributed by atoms with E-state index in [1.54, 1.807) is 29.2 Å². The Morgan fingerprint density at radius 1 is 1.04 bits per heavy atom. The molecule has 1 aliphatic rings. The van der Waals surface area contributed by atoms with Gasteiger partial charge in [-0.25, -0.2) is 8.78 Å². The standard InChI is InChI=1S/C19H21F2N3O.2ClH/c1-13(17-6-5-15(20)12-18(17)21)23-7-9-24(10-8-23)19(25)14-3-2-4-16(22)11-14;;/h2-6,11-13H,7-10,22H2,1H3;2*1H. The van der Waals surface area contributed by atoms with Crippen LogP contribution >= 0.6 is 24.8 Å². The monoisotopic (exact) mass is 417 g/mol. The highest BCUT2D eigenvalue weighted by Crippen LogP contribution is 2.25. The number of hydrogen-bond acceptors (Lipinski definition) is 3. The molecule has 3 rings (SSSR count). The molecule has 1 heterocycles. The van der Waals surface area contributed by atoms with Gasteiger partial charge in [-0.05, 0) is 31.2 Å². The van der Waals surface area contributed by atoms with Crippen molar-refractivity contribution in [2.75, 3.05) is 31.9 Å². The number of hydrogen-bond donors (Lipinski definition) is 1. The summed E-state index contributed by atoms with van der Waals surface area (Å²) in [6, 6.07) is 10.4. The van der Waals surface area contributed by atoms with Gasteiger partial charge in [-0.2, -0.15) is 0 Å². The molecule has 0 saturated carbocycles. The van der Waals surface area contributed by atoms with Gasteiger partial charge in [-0.3, -0.25) is 9.69 Å². The van der Waals surface area contributed by atoms with E-state index in [4.69, 9.17) is 5.73 Å². The fraction of sp³-hybridized carbons (Fsp3) is 0.316. The van der Waals surface area contributed by atoms with E-state index in [0.717, 1.165) is 6.07 Å². The Labute approximate surface area is 170 Å². The summed E-state index contributed by atoms with van der Waals surface area (Å²) in [7, 11) is 0. The van der Waals surface area contributed by atoms with Crippen molar-refractivity contribution in [3.63, 3.8) is 0 Å². The van der Waals surface area contributed by atoms with Crippen molar-refractivity contribution in [2.45, 2.75) is 13.0 Å². The summed E-state index contributed by atoms with van der Waals surface area (Å²) in [5, 5.41) is 0. The molecule has 0 radical (unpaired) electrons. The van der Waals surface area contributed by atoms with Gasteiger partial charge in [0.2, 0.25) is 0 Å². The average Bonchev–Trinajstić information content (AvgIpc) is 2.61. The molecule has 2 aromatic carbocycles. The predicted molar refractivity (Wildman–Crippen MR) is 108 cm³/mol. The molecule has 0 aromatic heterocycles. The maximum atomic E-state index is 14.0. The smallest absolute Gasteiger partial charge is 0.254 e. The van der Waals surface area contributed by atoms with Gasteiger partial charge in [0.05, 0.1) is 0 Å². The van der Waals surface area contributed by atoms with Crippen LogP contribution in [-0.2, 0) is 0 Å². The lowest BCUT2D eigenvalue weighted by atomic mass is 10.0. The first kappa shape index (κ1) is 23.1. The second kappa shape index (κ2) is 9.88. The van der Waals surface area contributed by atoms with E-state index in [1.807, 2.05) is 6.92 Å². The molecule has 0 aliphatic carbocycles. The van der Waals surface area contributed by atoms with E-state index >= 15 is 0 Å². The van der Waals surface area contributed by atoms with Gasteiger partial charge in [0, 0.05) is 55.1 Å². The number of anilines is 1. The third-order valence-corrected chi connectivity index (χ3v) is 4.70. The van der Waals surface area contributed by atoms with E-state index in [2.05, 4.69) is 4.90 Å². The molecule has 148 valence electrons. The van der Waals surface area contributed by atoms with Crippen LogP contribution in [0.2, 0.25) is 0 Å². The Bertz CT molecular complexity index is 783. The summed E-state index contributed by atoms with van der Waals surface area (Å²) in [4.78, 5) is 16.4. The zero-order valence-corrected chi connectivity index (χ0v) is 16.5. The minimum atomic E-state index is -0.578. The highest BCUT2D eigenvalue weighted by molar-refractivity contribution is 5.95. The van der Waals surface area contributed by atoms with E-state index in [9.17, 15) is 13.6 Å². The molecular weight excluding hydrogens is 395 g/mol. The quantitative estimate of drug-likeness (QED) is 0.770. The van der Waals surface area contributed by atoms with Crippen molar-refractivity contribution in [1.82, 2.24) is 9.80 Å². The molecule has 2 aromatic rings. The number of rotatable bonds is 3. The number of nitrogens with two attached hydrogens (primary N) is 1. The molecule has 4 nitrogen and oxygen atoms in total. The highest BCUT2D eigenvalue weighted by Gasteiger charge is 2.26. The molecular formula is C19H23Cl2F2N3O. The van der Waals surface area contributed by atoms with Crippen molar-refractivity contribution >= 4 is 36.4 Å². The molecule has 1 atom stereocenters. The summed E-state index contributed by atoms with van der Waals surface area (Å²) < 4.78 is 27.1. The number of carbonyl (C=O) groups excluding carboxylic acids is 1. The predicted octanol–water partition coefficient (Wildman–Crippen LogP) is 3.91. The van der Waals surface area contributed by atoms with Gasteiger partial charge in [-0.1, -0.05) is 12.1 Å². The normalized spacial score (nSPS) is 15.4. The van der Waals surface area contributed by atoms with Crippen LogP contribution in [0.4, 0.5) is 14.5 Å². The van der Waals surface area contributed by atoms with Crippen molar-refractivity contribution in [3.8, 4) is 0 Å². The lowest BCUT2D eigenvalue weighted by Crippen LogP contribution is -2.49. The van der Waals surface area contributed by atoms with Crippen LogP contribution < -0.4 is 5.73 Å². The second-order valence-electron chi connectivity index (χ2n) is 6.30. The highest BCUT2D eigenvalue weighted by atomic mass is 35.5. The number of benzene rings is 2. The number of carbonyl (C=O) groups is 1. The van der Waals surface area contributed by atoms with Crippen LogP contribution in [0.25, 0.3) is 0 Å². The minimum absolute atomic E-state index is 0. The van der Waals surface area contributed by atoms with E-state index in [0.29, 0.717) is 43.0 Å². The molecule has 0 bridgehead atoms. The first-order chi connectivity index (χ1) is 12.0. The zero-order valence-electron chi connectivity index (χ0n) is 14.9. The van der Waals surface area contributed by atoms with Crippen LogP contribution in [0.3, 0.4) is 0 Å². The SMILES string of the molecule is CC(c1ccc(F)cc1F)N1CCN(C(=O)c2cccc(N)c2)CC1.Cl.Cl. The Morgan fingerprint density at radius 3 is 2.30 bits per heavy atom. The van der Waals surface area contributed by atoms with Gasteiger partial charge in [0.25, 0.3) is 5.91 Å². The second-order valence-corrected chi connectivity index (χ2v) is 6.30. The summed E-state index contributed by atoms with van der Waals surface area (Å²) in [6.45, 7) is 4.27. The van der Waals surface area contributed by atoms with Crippen LogP contribution in [0.5, 0.6) is 0 Å². The fourth-order valence-corrected chi connectivity index (χ4v) is 3.20. The molecule has 1 saturated heterocycles. The summed E-state index contributed by atoms with van der Waals surface area (Å²) in [5.74, 6) is -1.16. The number of halogens is 4. The zero-order chi connectivity index (χ0) is 18.0. The van der Waals surface area contributed by atoms with Crippen molar-refractivity contribution in [3.05, 3.63) is 65.2 Å². The van der Waals surface area contributed by atoms with Crippen molar-refractivity contribution < 1.29 is 13.6 Å². The average molecular weight is 418 g/mol. The van der Waals surface area contributed by atoms with Gasteiger partial charge in [-0.15, -0.1) is 24.8 Å². The summed E-state index contributed by atoms with van der Waals surface area (Å²) >= 11 is 0.